The van der Waals surface area contributed by atoms with Crippen LogP contribution in [-0.4, -0.2) is 6.71 Å². The van der Waals surface area contributed by atoms with Gasteiger partial charge in [0.15, 0.2) is 5.58 Å². The summed E-state index contributed by atoms with van der Waals surface area (Å²) in [5.74, 6) is 2.05. The molecule has 2 aromatic heterocycles. The van der Waals surface area contributed by atoms with Crippen molar-refractivity contribution in [3.8, 4) is 11.1 Å². The summed E-state index contributed by atoms with van der Waals surface area (Å²) in [7, 11) is 0. The van der Waals surface area contributed by atoms with Crippen LogP contribution in [-0.2, 0) is 16.2 Å². The fourth-order valence-electron chi connectivity index (χ4n) is 16.8. The number of anilines is 6. The second kappa shape index (κ2) is 13.6. The Morgan fingerprint density at radius 2 is 1.33 bits per heavy atom. The maximum absolute atomic E-state index is 7.07. The lowest BCUT2D eigenvalue weighted by Gasteiger charge is -2.48. The minimum absolute atomic E-state index is 0.0322. The molecule has 3 nitrogen and oxygen atoms in total. The van der Waals surface area contributed by atoms with Crippen molar-refractivity contribution in [2.24, 2.45) is 16.7 Å². The van der Waals surface area contributed by atoms with E-state index in [4.69, 9.17) is 4.42 Å². The van der Waals surface area contributed by atoms with Gasteiger partial charge in [-0.25, -0.2) is 0 Å². The van der Waals surface area contributed by atoms with E-state index in [-0.39, 0.29) is 33.8 Å². The lowest BCUT2D eigenvalue weighted by molar-refractivity contribution is 0.0990. The minimum Gasteiger partial charge on any atom is -0.454 e. The van der Waals surface area contributed by atoms with Crippen LogP contribution in [0.5, 0.6) is 0 Å². The van der Waals surface area contributed by atoms with Crippen LogP contribution in [0.3, 0.4) is 0 Å². The van der Waals surface area contributed by atoms with Crippen molar-refractivity contribution in [2.75, 3.05) is 9.80 Å². The van der Waals surface area contributed by atoms with E-state index < -0.39 is 0 Å². The van der Waals surface area contributed by atoms with Crippen LogP contribution in [0, 0.1) is 16.7 Å². The van der Waals surface area contributed by atoms with Crippen LogP contribution in [0.25, 0.3) is 43.2 Å². The maximum atomic E-state index is 7.07. The lowest BCUT2D eigenvalue weighted by atomic mass is 9.36. The van der Waals surface area contributed by atoms with Crippen LogP contribution < -0.4 is 25.5 Å². The van der Waals surface area contributed by atoms with Gasteiger partial charge < -0.3 is 14.2 Å². The molecule has 7 aromatic carbocycles. The van der Waals surface area contributed by atoms with Gasteiger partial charge in [-0.2, -0.15) is 0 Å². The molecule has 2 aliphatic heterocycles. The van der Waals surface area contributed by atoms with Crippen molar-refractivity contribution in [3.05, 3.63) is 161 Å². The largest absolute Gasteiger partial charge is 0.454 e. The molecule has 5 aliphatic carbocycles. The van der Waals surface area contributed by atoms with Gasteiger partial charge in [-0.3, -0.25) is 0 Å². The molecule has 7 aliphatic rings. The summed E-state index contributed by atoms with van der Waals surface area (Å²) in [5, 5.41) is 3.72. The Hall–Kier alpha value is -6.04. The van der Waals surface area contributed by atoms with Crippen molar-refractivity contribution < 1.29 is 4.42 Å². The maximum Gasteiger partial charge on any atom is 0.264 e. The Balaban J connectivity index is 1.02. The highest BCUT2D eigenvalue weighted by molar-refractivity contribution is 7.33. The molecule has 5 atom stereocenters. The fraction of sp³-hybridized carbons (Fsp3) is 0.343. The number of hydrogen-bond donors (Lipinski definition) is 0. The number of hydrogen-bond acceptors (Lipinski definition) is 4. The SMILES string of the molecule is CC(C)(C)c1ccc2c(c1)B1c3sc4cc5c(cc4c3N(c3cccc4c3oc3ccccc34)c3cc(C(C)(C)C)cc(c31)N2c1ccc2c(c1)C1(CC3CCC1(C)C3(C)C)c1ccccc1-2)C1CCC5C1. The van der Waals surface area contributed by atoms with Crippen molar-refractivity contribution >= 4 is 99.9 Å². The standard InChI is InChI=1S/C67H63BN2OS/c1-63(2,3)39-23-26-53-52(30-39)68-59-55(69(53)42-24-25-44-43-15-10-12-18-50(43)67(51(44)33-42)36-40-27-28-66(67,9)65(40,7)8)31-41(64(4,5)6)32-56(59)70(54-19-14-17-46-45-16-11-13-20-57(45)71-61(46)54)60-49-34-47-37-21-22-38(29-37)48(47)35-58(49)72-62(60)68/h10-20,23-26,30-35,37-38,40H,21-22,27-29,36H2,1-9H3. The van der Waals surface area contributed by atoms with E-state index >= 15 is 0 Å². The van der Waals surface area contributed by atoms with Gasteiger partial charge in [0.1, 0.15) is 5.58 Å². The first-order valence-corrected chi connectivity index (χ1v) is 28.0. The van der Waals surface area contributed by atoms with Gasteiger partial charge in [-0.05, 0) is 188 Å². The smallest absolute Gasteiger partial charge is 0.264 e. The van der Waals surface area contributed by atoms with Gasteiger partial charge in [-0.15, -0.1) is 11.3 Å². The van der Waals surface area contributed by atoms with Crippen molar-refractivity contribution in [2.45, 2.75) is 129 Å². The topological polar surface area (TPSA) is 19.6 Å². The number of benzene rings is 7. The predicted octanol–water partition coefficient (Wildman–Crippen LogP) is 17.0. The van der Waals surface area contributed by atoms with E-state index in [1.807, 2.05) is 0 Å². The average molecular weight is 955 g/mol. The Labute approximate surface area is 429 Å². The molecule has 5 heteroatoms. The van der Waals surface area contributed by atoms with Gasteiger partial charge in [0.05, 0.1) is 11.4 Å². The molecule has 72 heavy (non-hydrogen) atoms. The first kappa shape index (κ1) is 42.5. The van der Waals surface area contributed by atoms with E-state index in [2.05, 4.69) is 211 Å². The molecule has 5 unspecified atom stereocenters. The summed E-state index contributed by atoms with van der Waals surface area (Å²) >= 11 is 2.06. The zero-order valence-corrected chi connectivity index (χ0v) is 44.2. The number of rotatable bonds is 2. The number of nitrogens with zero attached hydrogens (tertiary/aromatic N) is 2. The van der Waals surface area contributed by atoms with Crippen molar-refractivity contribution in [1.29, 1.82) is 0 Å². The number of thiophene rings is 1. The first-order valence-electron chi connectivity index (χ1n) is 27.2. The highest BCUT2D eigenvalue weighted by Gasteiger charge is 2.71. The van der Waals surface area contributed by atoms with Gasteiger partial charge >= 0.3 is 0 Å². The van der Waals surface area contributed by atoms with Gasteiger partial charge in [0.2, 0.25) is 0 Å². The van der Waals surface area contributed by atoms with E-state index in [1.54, 1.807) is 22.3 Å². The van der Waals surface area contributed by atoms with Crippen molar-refractivity contribution in [3.63, 3.8) is 0 Å². The number of para-hydroxylation sites is 2. The molecule has 3 saturated carbocycles. The van der Waals surface area contributed by atoms with Crippen LogP contribution in [0.4, 0.5) is 34.1 Å². The second-order valence-electron chi connectivity index (χ2n) is 26.2. The number of fused-ring (bicyclic) bond motifs is 22. The van der Waals surface area contributed by atoms with E-state index in [1.165, 1.54) is 115 Å². The Morgan fingerprint density at radius 1 is 0.611 bits per heavy atom. The molecule has 4 bridgehead atoms. The van der Waals surface area contributed by atoms with Crippen molar-refractivity contribution in [1.82, 2.24) is 0 Å². The Morgan fingerprint density at radius 3 is 2.10 bits per heavy atom. The van der Waals surface area contributed by atoms with Crippen LogP contribution >= 0.6 is 11.3 Å². The molecule has 356 valence electrons. The summed E-state index contributed by atoms with van der Waals surface area (Å²) in [6, 6.07) is 50.7. The molecule has 16 rings (SSSR count). The van der Waals surface area contributed by atoms with Crippen LogP contribution in [0.2, 0.25) is 0 Å². The first-order chi connectivity index (χ1) is 34.5. The van der Waals surface area contributed by atoms with Gasteiger partial charge in [0.25, 0.3) is 6.71 Å². The zero-order valence-electron chi connectivity index (χ0n) is 43.4. The average Bonchev–Trinajstić information content (AvgIpc) is 4.24. The summed E-state index contributed by atoms with van der Waals surface area (Å²) in [6.45, 7) is 22.3. The van der Waals surface area contributed by atoms with Gasteiger partial charge in [0, 0.05) is 53.8 Å². The normalized spacial score (nSPS) is 24.7. The van der Waals surface area contributed by atoms with Gasteiger partial charge in [-0.1, -0.05) is 135 Å². The monoisotopic (exact) mass is 954 g/mol. The summed E-state index contributed by atoms with van der Waals surface area (Å²) in [5.41, 5.74) is 24.4. The molecule has 1 spiro atoms. The molecule has 0 amide bonds. The van der Waals surface area contributed by atoms with E-state index in [9.17, 15) is 0 Å². The molecule has 0 saturated heterocycles. The predicted molar refractivity (Wildman–Crippen MR) is 305 cm³/mol. The summed E-state index contributed by atoms with van der Waals surface area (Å²) < 4.78 is 9.93. The van der Waals surface area contributed by atoms with Crippen LogP contribution in [0.1, 0.15) is 146 Å². The molecule has 4 heterocycles. The molecule has 0 radical (unpaired) electrons. The third-order valence-electron chi connectivity index (χ3n) is 20.9. The fourth-order valence-corrected chi connectivity index (χ4v) is 18.1. The van der Waals surface area contributed by atoms with E-state index in [0.29, 0.717) is 17.8 Å². The molecule has 9 aromatic rings. The molecule has 3 fully saturated rings. The van der Waals surface area contributed by atoms with E-state index in [0.717, 1.165) is 27.6 Å². The quantitative estimate of drug-likeness (QED) is 0.161. The zero-order chi connectivity index (χ0) is 48.7. The summed E-state index contributed by atoms with van der Waals surface area (Å²) in [6.07, 6.45) is 7.76. The lowest BCUT2D eigenvalue weighted by Crippen LogP contribution is -2.60. The third kappa shape index (κ3) is 5.06. The highest BCUT2D eigenvalue weighted by Crippen LogP contribution is 2.78. The molecular weight excluding hydrogens is 892 g/mol. The summed E-state index contributed by atoms with van der Waals surface area (Å²) in [4.78, 5) is 5.40. The minimum atomic E-state index is -0.135. The molecule has 0 N–H and O–H groups in total. The number of furan rings is 1. The second-order valence-corrected chi connectivity index (χ2v) is 27.3. The highest BCUT2D eigenvalue weighted by atomic mass is 32.1. The van der Waals surface area contributed by atoms with Crippen LogP contribution in [0.15, 0.2) is 132 Å². The molecular formula is C67H63BN2OS. The Bertz CT molecular complexity index is 3910. The third-order valence-corrected chi connectivity index (χ3v) is 22.1. The Kier molecular flexibility index (Phi) is 8.00.